The fraction of sp³-hybridized carbons (Fsp3) is 0.238. The van der Waals surface area contributed by atoms with Crippen molar-refractivity contribution < 1.29 is 4.39 Å². The summed E-state index contributed by atoms with van der Waals surface area (Å²) in [5.74, 6) is -0.226. The molecule has 0 radical (unpaired) electrons. The van der Waals surface area contributed by atoms with Crippen molar-refractivity contribution in [2.45, 2.75) is 13.5 Å². The van der Waals surface area contributed by atoms with Crippen molar-refractivity contribution in [2.24, 2.45) is 16.5 Å². The van der Waals surface area contributed by atoms with Crippen LogP contribution in [0.4, 0.5) is 4.39 Å². The van der Waals surface area contributed by atoms with E-state index in [4.69, 9.17) is 11.5 Å². The molecule has 2 rings (SSSR count). The summed E-state index contributed by atoms with van der Waals surface area (Å²) in [6.45, 7) is 10.2. The average Bonchev–Trinajstić information content (AvgIpc) is 3.10. The summed E-state index contributed by atoms with van der Waals surface area (Å²) >= 11 is 5.09. The van der Waals surface area contributed by atoms with Crippen molar-refractivity contribution in [1.82, 2.24) is 9.55 Å². The van der Waals surface area contributed by atoms with E-state index in [0.29, 0.717) is 6.54 Å². The minimum absolute atomic E-state index is 0.226. The maximum Gasteiger partial charge on any atom is 0.123 e. The van der Waals surface area contributed by atoms with Gasteiger partial charge in [-0.1, -0.05) is 18.7 Å². The first-order chi connectivity index (χ1) is 14.0. The zero-order chi connectivity index (χ0) is 22.2. The van der Waals surface area contributed by atoms with Gasteiger partial charge in [-0.3, -0.25) is 4.99 Å². The Bertz CT molecular complexity index is 807. The largest absolute Gasteiger partial charge is 0.402 e. The van der Waals surface area contributed by atoms with Gasteiger partial charge < -0.3 is 16.0 Å². The van der Waals surface area contributed by atoms with Crippen LogP contribution in [0.15, 0.2) is 54.1 Å². The molecule has 0 saturated carbocycles. The molecule has 0 bridgehead atoms. The van der Waals surface area contributed by atoms with Gasteiger partial charge in [-0.05, 0) is 56.0 Å². The first-order valence-corrected chi connectivity index (χ1v) is 10.8. The number of hydrogen-bond acceptors (Lipinski definition) is 6. The quantitative estimate of drug-likeness (QED) is 0.440. The molecule has 0 aliphatic rings. The van der Waals surface area contributed by atoms with Gasteiger partial charge in [0.05, 0.1) is 17.7 Å². The van der Waals surface area contributed by atoms with Gasteiger partial charge in [0.2, 0.25) is 0 Å². The summed E-state index contributed by atoms with van der Waals surface area (Å²) in [7, 11) is 0. The molecule has 5 nitrogen and oxygen atoms in total. The van der Waals surface area contributed by atoms with Crippen molar-refractivity contribution in [1.29, 1.82) is 0 Å². The van der Waals surface area contributed by atoms with Gasteiger partial charge >= 0.3 is 0 Å². The number of allylic oxidation sites excluding steroid dienone is 1. The lowest BCUT2D eigenvalue weighted by Gasteiger charge is -2.03. The highest BCUT2D eigenvalue weighted by atomic mass is 32.2. The second kappa shape index (κ2) is 15.6. The molecule has 8 heteroatoms. The van der Waals surface area contributed by atoms with Crippen LogP contribution in [0.25, 0.3) is 17.1 Å². The second-order valence-electron chi connectivity index (χ2n) is 5.48. The van der Waals surface area contributed by atoms with E-state index in [1.165, 1.54) is 12.1 Å². The molecule has 0 spiro atoms. The molecule has 29 heavy (non-hydrogen) atoms. The molecule has 2 aromatic rings. The number of nitrogens with zero attached hydrogens (tertiary/aromatic N) is 3. The maximum absolute atomic E-state index is 12.6. The van der Waals surface area contributed by atoms with Gasteiger partial charge in [0.15, 0.2) is 0 Å². The summed E-state index contributed by atoms with van der Waals surface area (Å²) in [6.07, 6.45) is 10.6. The van der Waals surface area contributed by atoms with Crippen LogP contribution in [0.3, 0.4) is 0 Å². The molecule has 0 unspecified atom stereocenters. The lowest BCUT2D eigenvalue weighted by atomic mass is 10.2. The summed E-state index contributed by atoms with van der Waals surface area (Å²) in [5.41, 5.74) is 14.6. The third kappa shape index (κ3) is 9.65. The fourth-order valence-electron chi connectivity index (χ4n) is 2.20. The highest BCUT2D eigenvalue weighted by Crippen LogP contribution is 2.24. The van der Waals surface area contributed by atoms with E-state index in [0.717, 1.165) is 34.1 Å². The van der Waals surface area contributed by atoms with Gasteiger partial charge in [-0.2, -0.15) is 12.6 Å². The molecule has 0 amide bonds. The monoisotopic (exact) mass is 435 g/mol. The summed E-state index contributed by atoms with van der Waals surface area (Å²) in [5, 5.41) is 0. The predicted octanol–water partition coefficient (Wildman–Crippen LogP) is 4.54. The zero-order valence-electron chi connectivity index (χ0n) is 17.2. The molecular formula is C21H30FN5S2. The van der Waals surface area contributed by atoms with Crippen LogP contribution in [0.1, 0.15) is 23.9 Å². The summed E-state index contributed by atoms with van der Waals surface area (Å²) < 4.78 is 14.5. The first-order valence-electron chi connectivity index (χ1n) is 8.68. The standard InChI is InChI=1S/C10H10FNS.C10H16N4.CH4S/c1-12-7-10(13-2)8-3-5-9(11)6-4-8;1-3-9-10(6-8(2)12)14(5-4-11)7-13-9;1-2/h3-7H,1H2,2H3;3,6-7H,1,4-5,11-12H2,2H3;2H,1H3/b10-7-;8-6+;. The van der Waals surface area contributed by atoms with Crippen LogP contribution in [0.2, 0.25) is 0 Å². The zero-order valence-corrected chi connectivity index (χ0v) is 18.9. The molecular weight excluding hydrogens is 405 g/mol. The minimum atomic E-state index is -0.226. The maximum atomic E-state index is 12.6. The topological polar surface area (TPSA) is 82.2 Å². The van der Waals surface area contributed by atoms with Crippen molar-refractivity contribution in [3.05, 3.63) is 71.8 Å². The van der Waals surface area contributed by atoms with E-state index in [2.05, 4.69) is 35.9 Å². The lowest BCUT2D eigenvalue weighted by molar-refractivity contribution is 0.627. The highest BCUT2D eigenvalue weighted by Gasteiger charge is 2.04. The SMILES string of the molecule is C=Cc1ncn(CCN)c1/C=C(\C)N.C=N/C=C(\SC)c1ccc(F)cc1.CS. The van der Waals surface area contributed by atoms with Gasteiger partial charge in [0.1, 0.15) is 5.82 Å². The Hall–Kier alpha value is -2.29. The van der Waals surface area contributed by atoms with Gasteiger partial charge in [-0.25, -0.2) is 9.37 Å². The Labute approximate surface area is 182 Å². The molecule has 1 aromatic heterocycles. The Balaban J connectivity index is 0.000000499. The Morgan fingerprint density at radius 1 is 1.34 bits per heavy atom. The smallest absolute Gasteiger partial charge is 0.123 e. The number of thiol groups is 1. The van der Waals surface area contributed by atoms with Crippen LogP contribution >= 0.6 is 24.4 Å². The van der Waals surface area contributed by atoms with Gasteiger partial charge in [0, 0.05) is 29.9 Å². The molecule has 0 atom stereocenters. The van der Waals surface area contributed by atoms with Crippen molar-refractivity contribution in [2.75, 3.05) is 19.1 Å². The van der Waals surface area contributed by atoms with Crippen LogP contribution in [0, 0.1) is 5.82 Å². The predicted molar refractivity (Wildman–Crippen MR) is 132 cm³/mol. The third-order valence-corrected chi connectivity index (χ3v) is 4.17. The number of imidazole rings is 1. The second-order valence-corrected chi connectivity index (χ2v) is 6.32. The molecule has 0 saturated heterocycles. The normalized spacial score (nSPS) is 11.0. The molecule has 4 N–H and O–H groups in total. The van der Waals surface area contributed by atoms with Crippen molar-refractivity contribution in [3.63, 3.8) is 0 Å². The van der Waals surface area contributed by atoms with Crippen molar-refractivity contribution in [3.8, 4) is 0 Å². The Morgan fingerprint density at radius 2 is 1.97 bits per heavy atom. The van der Waals surface area contributed by atoms with E-state index in [-0.39, 0.29) is 5.82 Å². The van der Waals surface area contributed by atoms with Crippen LogP contribution in [0.5, 0.6) is 0 Å². The van der Waals surface area contributed by atoms with Crippen LogP contribution in [-0.2, 0) is 6.54 Å². The number of hydrogen-bond donors (Lipinski definition) is 3. The number of aliphatic imine (C=N–C) groups is 1. The first kappa shape index (κ1) is 26.7. The molecule has 158 valence electrons. The Kier molecular flexibility index (Phi) is 14.4. The number of thioether (sulfide) groups is 1. The van der Waals surface area contributed by atoms with E-state index >= 15 is 0 Å². The number of halogens is 1. The number of rotatable bonds is 7. The van der Waals surface area contributed by atoms with Gasteiger partial charge in [-0.15, -0.1) is 11.8 Å². The third-order valence-electron chi connectivity index (χ3n) is 3.39. The number of nitrogens with two attached hydrogens (primary N) is 2. The minimum Gasteiger partial charge on any atom is -0.402 e. The molecule has 0 fully saturated rings. The fourth-order valence-corrected chi connectivity index (χ4v) is 2.75. The summed E-state index contributed by atoms with van der Waals surface area (Å²) in [4.78, 5) is 8.86. The van der Waals surface area contributed by atoms with Crippen LogP contribution < -0.4 is 11.5 Å². The number of benzene rings is 1. The summed E-state index contributed by atoms with van der Waals surface area (Å²) in [6, 6.07) is 6.32. The van der Waals surface area contributed by atoms with E-state index < -0.39 is 0 Å². The molecule has 0 aliphatic heterocycles. The van der Waals surface area contributed by atoms with Crippen LogP contribution in [-0.4, -0.2) is 35.3 Å². The molecule has 1 aromatic carbocycles. The van der Waals surface area contributed by atoms with Gasteiger partial charge in [0.25, 0.3) is 0 Å². The lowest BCUT2D eigenvalue weighted by Crippen LogP contribution is -2.10. The van der Waals surface area contributed by atoms with E-state index in [1.54, 1.807) is 48.8 Å². The van der Waals surface area contributed by atoms with Crippen molar-refractivity contribution >= 4 is 48.2 Å². The molecule has 1 heterocycles. The number of aromatic nitrogens is 2. The molecule has 0 aliphatic carbocycles. The van der Waals surface area contributed by atoms with E-state index in [1.807, 2.05) is 23.8 Å². The average molecular weight is 436 g/mol. The Morgan fingerprint density at radius 3 is 2.41 bits per heavy atom. The highest BCUT2D eigenvalue weighted by molar-refractivity contribution is 8.07. The van der Waals surface area contributed by atoms with E-state index in [9.17, 15) is 4.39 Å².